The second-order valence-corrected chi connectivity index (χ2v) is 7.13. The van der Waals surface area contributed by atoms with Crippen LogP contribution in [0, 0.1) is 0 Å². The van der Waals surface area contributed by atoms with Gasteiger partial charge in [-0.05, 0) is 43.4 Å². The van der Waals surface area contributed by atoms with Crippen molar-refractivity contribution in [3.8, 4) is 0 Å². The van der Waals surface area contributed by atoms with Crippen molar-refractivity contribution in [3.63, 3.8) is 0 Å². The summed E-state index contributed by atoms with van der Waals surface area (Å²) in [7, 11) is 0. The molecule has 0 amide bonds. The van der Waals surface area contributed by atoms with Crippen molar-refractivity contribution in [2.75, 3.05) is 18.0 Å². The quantitative estimate of drug-likeness (QED) is 0.565. The number of hydrogen-bond acceptors (Lipinski definition) is 5. The molecule has 1 unspecified atom stereocenters. The number of thiocarbonyl (C=S) groups is 1. The van der Waals surface area contributed by atoms with Gasteiger partial charge in [0.15, 0.2) is 11.2 Å². The molecule has 5 heteroatoms. The lowest BCUT2D eigenvalue weighted by Crippen LogP contribution is -2.30. The molecule has 0 saturated heterocycles. The third-order valence-corrected chi connectivity index (χ3v) is 5.01. The van der Waals surface area contributed by atoms with Crippen molar-refractivity contribution >= 4 is 44.5 Å². The van der Waals surface area contributed by atoms with Crippen LogP contribution >= 0.6 is 23.6 Å². The van der Waals surface area contributed by atoms with Crippen LogP contribution in [0.2, 0.25) is 0 Å². The maximum Gasteiger partial charge on any atom is 0.168 e. The molecule has 1 atom stereocenters. The van der Waals surface area contributed by atoms with E-state index < -0.39 is 0 Å². The number of likely N-dealkylation sites (N-methyl/N-ethyl adjacent to an activating group) is 1. The number of benzene rings is 2. The zero-order valence-corrected chi connectivity index (χ0v) is 15.4. The Morgan fingerprint density at radius 2 is 1.88 bits per heavy atom. The highest BCUT2D eigenvalue weighted by Crippen LogP contribution is 2.30. The molecular formula is C19H20N2OS2. The Bertz CT molecular complexity index is 783. The number of anilines is 1. The fraction of sp³-hybridized carbons (Fsp3) is 0.263. The van der Waals surface area contributed by atoms with Gasteiger partial charge in [0.2, 0.25) is 0 Å². The van der Waals surface area contributed by atoms with Crippen LogP contribution in [0.1, 0.15) is 25.0 Å². The molecule has 1 heterocycles. The zero-order valence-electron chi connectivity index (χ0n) is 13.8. The first-order chi connectivity index (χ1) is 11.7. The molecule has 0 aliphatic rings. The van der Waals surface area contributed by atoms with Gasteiger partial charge in [-0.2, -0.15) is 0 Å². The normalized spacial score (nSPS) is 12.1. The first-order valence-electron chi connectivity index (χ1n) is 8.00. The highest BCUT2D eigenvalue weighted by atomic mass is 32.1. The molecule has 124 valence electrons. The maximum atomic E-state index is 5.96. The van der Waals surface area contributed by atoms with Crippen molar-refractivity contribution in [3.05, 3.63) is 59.6 Å². The summed E-state index contributed by atoms with van der Waals surface area (Å²) in [5.74, 6) is 0. The van der Waals surface area contributed by atoms with Crippen LogP contribution in [-0.4, -0.2) is 23.1 Å². The highest BCUT2D eigenvalue weighted by Gasteiger charge is 2.21. The first kappa shape index (κ1) is 16.9. The third kappa shape index (κ3) is 3.91. The average Bonchev–Trinajstić information content (AvgIpc) is 3.03. The summed E-state index contributed by atoms with van der Waals surface area (Å²) in [6.07, 6.45) is -0.167. The molecule has 2 aromatic carbocycles. The largest absolute Gasteiger partial charge is 0.475 e. The van der Waals surface area contributed by atoms with Gasteiger partial charge in [0.1, 0.15) is 5.01 Å². The molecule has 0 radical (unpaired) electrons. The van der Waals surface area contributed by atoms with Crippen molar-refractivity contribution in [2.24, 2.45) is 0 Å². The van der Waals surface area contributed by atoms with E-state index in [-0.39, 0.29) is 6.10 Å². The van der Waals surface area contributed by atoms with Crippen molar-refractivity contribution in [1.29, 1.82) is 0 Å². The topological polar surface area (TPSA) is 25.4 Å². The summed E-state index contributed by atoms with van der Waals surface area (Å²) in [5.41, 5.74) is 2.19. The predicted octanol–water partition coefficient (Wildman–Crippen LogP) is 5.23. The molecule has 0 bridgehead atoms. The lowest BCUT2D eigenvalue weighted by Gasteiger charge is -2.27. The summed E-state index contributed by atoms with van der Waals surface area (Å²) >= 11 is 6.87. The minimum absolute atomic E-state index is 0.167. The van der Waals surface area contributed by atoms with E-state index in [1.54, 1.807) is 11.3 Å². The van der Waals surface area contributed by atoms with E-state index in [0.29, 0.717) is 11.6 Å². The van der Waals surface area contributed by atoms with Gasteiger partial charge < -0.3 is 9.64 Å². The number of para-hydroxylation sites is 2. The molecule has 0 aliphatic carbocycles. The molecule has 3 rings (SSSR count). The fourth-order valence-electron chi connectivity index (χ4n) is 2.65. The Morgan fingerprint density at radius 3 is 2.54 bits per heavy atom. The predicted molar refractivity (Wildman–Crippen MR) is 106 cm³/mol. The number of rotatable bonds is 6. The summed E-state index contributed by atoms with van der Waals surface area (Å²) in [6, 6.07) is 18.5. The number of thiazole rings is 1. The highest BCUT2D eigenvalue weighted by molar-refractivity contribution is 7.80. The van der Waals surface area contributed by atoms with Crippen molar-refractivity contribution in [1.82, 2.24) is 4.98 Å². The molecule has 3 aromatic rings. The molecule has 0 N–H and O–H groups in total. The Hall–Kier alpha value is -1.98. The SMILES string of the molecule is CCN(CC(OC(C)=S)c1nc2ccccc2s1)c1ccccc1. The van der Waals surface area contributed by atoms with Gasteiger partial charge in [-0.3, -0.25) is 0 Å². The molecule has 0 aliphatic heterocycles. The summed E-state index contributed by atoms with van der Waals surface area (Å²) in [6.45, 7) is 5.57. The Labute approximate surface area is 151 Å². The van der Waals surface area contributed by atoms with E-state index in [9.17, 15) is 0 Å². The Morgan fingerprint density at radius 1 is 1.17 bits per heavy atom. The number of nitrogens with zero attached hydrogens (tertiary/aromatic N) is 2. The second-order valence-electron chi connectivity index (χ2n) is 5.49. The van der Waals surface area contributed by atoms with Crippen molar-refractivity contribution in [2.45, 2.75) is 20.0 Å². The number of fused-ring (bicyclic) bond motifs is 1. The monoisotopic (exact) mass is 356 g/mol. The second kappa shape index (κ2) is 7.73. The van der Waals surface area contributed by atoms with Gasteiger partial charge in [0.25, 0.3) is 0 Å². The number of aromatic nitrogens is 1. The van der Waals surface area contributed by atoms with Crippen LogP contribution in [-0.2, 0) is 4.74 Å². The fourth-order valence-corrected chi connectivity index (χ4v) is 3.75. The van der Waals surface area contributed by atoms with Crippen LogP contribution in [0.3, 0.4) is 0 Å². The minimum atomic E-state index is -0.167. The van der Waals surface area contributed by atoms with E-state index in [1.807, 2.05) is 31.2 Å². The van der Waals surface area contributed by atoms with E-state index in [1.165, 1.54) is 10.4 Å². The van der Waals surface area contributed by atoms with E-state index in [2.05, 4.69) is 42.2 Å². The number of hydrogen-bond donors (Lipinski definition) is 0. The van der Waals surface area contributed by atoms with Crippen molar-refractivity contribution < 1.29 is 4.74 Å². The van der Waals surface area contributed by atoms with Gasteiger partial charge in [0.05, 0.1) is 16.8 Å². The molecule has 0 saturated carbocycles. The summed E-state index contributed by atoms with van der Waals surface area (Å²) < 4.78 is 7.13. The molecule has 1 aromatic heterocycles. The van der Waals surface area contributed by atoms with Crippen LogP contribution in [0.25, 0.3) is 10.2 Å². The molecule has 3 nitrogen and oxygen atoms in total. The first-order valence-corrected chi connectivity index (χ1v) is 9.22. The maximum absolute atomic E-state index is 5.96. The molecule has 0 spiro atoms. The lowest BCUT2D eigenvalue weighted by molar-refractivity contribution is 0.201. The summed E-state index contributed by atoms with van der Waals surface area (Å²) in [4.78, 5) is 7.04. The smallest absolute Gasteiger partial charge is 0.168 e. The van der Waals surface area contributed by atoms with Gasteiger partial charge in [-0.1, -0.05) is 30.3 Å². The van der Waals surface area contributed by atoms with E-state index >= 15 is 0 Å². The average molecular weight is 357 g/mol. The molecule has 0 fully saturated rings. The molecule has 24 heavy (non-hydrogen) atoms. The Balaban J connectivity index is 1.89. The standard InChI is InChI=1S/C19H20N2OS2/c1-3-21(15-9-5-4-6-10-15)13-17(22-14(2)23)19-20-16-11-7-8-12-18(16)24-19/h4-12,17H,3,13H2,1-2H3. The van der Waals surface area contributed by atoms with Gasteiger partial charge in [-0.25, -0.2) is 4.98 Å². The van der Waals surface area contributed by atoms with Crippen LogP contribution in [0.15, 0.2) is 54.6 Å². The Kier molecular flexibility index (Phi) is 5.43. The minimum Gasteiger partial charge on any atom is -0.475 e. The number of ether oxygens (including phenoxy) is 1. The summed E-state index contributed by atoms with van der Waals surface area (Å²) in [5, 5.41) is 1.51. The van der Waals surface area contributed by atoms with Crippen LogP contribution in [0.4, 0.5) is 5.69 Å². The zero-order chi connectivity index (χ0) is 16.9. The lowest BCUT2D eigenvalue weighted by atomic mass is 10.2. The van der Waals surface area contributed by atoms with E-state index in [0.717, 1.165) is 17.1 Å². The van der Waals surface area contributed by atoms with Crippen LogP contribution in [0.5, 0.6) is 0 Å². The molecular weight excluding hydrogens is 336 g/mol. The van der Waals surface area contributed by atoms with Crippen LogP contribution < -0.4 is 4.90 Å². The van der Waals surface area contributed by atoms with E-state index in [4.69, 9.17) is 21.9 Å². The van der Waals surface area contributed by atoms with Gasteiger partial charge in [-0.15, -0.1) is 11.3 Å². The van der Waals surface area contributed by atoms with Gasteiger partial charge >= 0.3 is 0 Å². The third-order valence-electron chi connectivity index (χ3n) is 3.78. The van der Waals surface area contributed by atoms with Gasteiger partial charge in [0, 0.05) is 19.2 Å².